The Labute approximate surface area is 119 Å². The van der Waals surface area contributed by atoms with Gasteiger partial charge in [0.05, 0.1) is 11.5 Å². The minimum Gasteiger partial charge on any atom is -0.492 e. The summed E-state index contributed by atoms with van der Waals surface area (Å²) in [4.78, 5) is 0. The van der Waals surface area contributed by atoms with E-state index < -0.39 is 31.4 Å². The lowest BCUT2D eigenvalue weighted by atomic mass is 10.3. The Bertz CT molecular complexity index is 623. The predicted octanol–water partition coefficient (Wildman–Crippen LogP) is -0.388. The summed E-state index contributed by atoms with van der Waals surface area (Å²) in [7, 11) is -6.90. The lowest BCUT2D eigenvalue weighted by Crippen LogP contribution is -2.32. The van der Waals surface area contributed by atoms with E-state index in [1.54, 1.807) is 24.3 Å². The molecule has 0 radical (unpaired) electrons. The summed E-state index contributed by atoms with van der Waals surface area (Å²) >= 11 is 0. The molecule has 0 atom stereocenters. The van der Waals surface area contributed by atoms with Gasteiger partial charge < -0.3 is 10.5 Å². The summed E-state index contributed by atoms with van der Waals surface area (Å²) in [6.07, 6.45) is 0.993. The molecule has 0 bridgehead atoms. The van der Waals surface area contributed by atoms with Crippen LogP contribution in [0, 0.1) is 0 Å². The third-order valence-corrected chi connectivity index (χ3v) is 4.89. The Morgan fingerprint density at radius 1 is 1.10 bits per heavy atom. The van der Waals surface area contributed by atoms with Crippen molar-refractivity contribution in [1.29, 1.82) is 0 Å². The van der Waals surface area contributed by atoms with Crippen LogP contribution in [0.15, 0.2) is 24.3 Å². The van der Waals surface area contributed by atoms with Crippen molar-refractivity contribution in [2.24, 2.45) is 0 Å². The quantitative estimate of drug-likeness (QED) is 0.497. The molecule has 0 aliphatic carbocycles. The number of anilines is 1. The number of sulfone groups is 1. The monoisotopic (exact) mass is 322 g/mol. The number of nitrogens with one attached hydrogen (secondary N) is 1. The molecule has 7 nitrogen and oxygen atoms in total. The zero-order valence-corrected chi connectivity index (χ0v) is 12.7. The first-order chi connectivity index (χ1) is 9.18. The maximum Gasteiger partial charge on any atom is 0.212 e. The molecule has 0 fully saturated rings. The molecule has 0 aromatic heterocycles. The number of nitrogen functional groups attached to an aromatic ring is 1. The van der Waals surface area contributed by atoms with E-state index in [1.807, 2.05) is 0 Å². The minimum atomic E-state index is -3.61. The summed E-state index contributed by atoms with van der Waals surface area (Å²) in [5, 5.41) is 0. The molecule has 0 aliphatic heterocycles. The number of sulfonamides is 1. The first-order valence-corrected chi connectivity index (χ1v) is 9.53. The lowest BCUT2D eigenvalue weighted by molar-refractivity contribution is 0.323. The van der Waals surface area contributed by atoms with Crippen LogP contribution in [0.25, 0.3) is 0 Å². The third kappa shape index (κ3) is 7.31. The van der Waals surface area contributed by atoms with Gasteiger partial charge in [-0.1, -0.05) is 0 Å². The predicted molar refractivity (Wildman–Crippen MR) is 77.8 cm³/mol. The van der Waals surface area contributed by atoms with Gasteiger partial charge in [0.2, 0.25) is 10.0 Å². The van der Waals surface area contributed by atoms with Gasteiger partial charge in [-0.2, -0.15) is 0 Å². The largest absolute Gasteiger partial charge is 0.492 e. The first kappa shape index (κ1) is 16.7. The normalized spacial score (nSPS) is 12.2. The first-order valence-electron chi connectivity index (χ1n) is 5.81. The van der Waals surface area contributed by atoms with Crippen molar-refractivity contribution in [3.05, 3.63) is 24.3 Å². The van der Waals surface area contributed by atoms with Crippen molar-refractivity contribution in [3.63, 3.8) is 0 Å². The number of ether oxygens (including phenoxy) is 1. The van der Waals surface area contributed by atoms with E-state index in [1.165, 1.54) is 0 Å². The van der Waals surface area contributed by atoms with Crippen molar-refractivity contribution >= 4 is 25.5 Å². The second-order valence-electron chi connectivity index (χ2n) is 4.26. The highest BCUT2D eigenvalue weighted by Gasteiger charge is 2.13. The van der Waals surface area contributed by atoms with Crippen molar-refractivity contribution in [2.75, 3.05) is 36.6 Å². The summed E-state index contributed by atoms with van der Waals surface area (Å²) in [6, 6.07) is 6.69. The van der Waals surface area contributed by atoms with Crippen molar-refractivity contribution in [3.8, 4) is 5.75 Å². The van der Waals surface area contributed by atoms with Gasteiger partial charge in [0.1, 0.15) is 22.2 Å². The molecule has 0 saturated heterocycles. The van der Waals surface area contributed by atoms with E-state index in [2.05, 4.69) is 4.72 Å². The van der Waals surface area contributed by atoms with Gasteiger partial charge in [0, 0.05) is 18.5 Å². The fourth-order valence-corrected chi connectivity index (χ4v) is 3.89. The van der Waals surface area contributed by atoms with Gasteiger partial charge in [-0.3, -0.25) is 0 Å². The molecule has 20 heavy (non-hydrogen) atoms. The minimum absolute atomic E-state index is 0.0659. The smallest absolute Gasteiger partial charge is 0.212 e. The zero-order valence-electron chi connectivity index (χ0n) is 11.1. The molecule has 0 aliphatic rings. The molecule has 1 aromatic rings. The molecule has 0 spiro atoms. The number of rotatable bonds is 8. The molecule has 3 N–H and O–H groups in total. The maximum atomic E-state index is 11.5. The average Bonchev–Trinajstić information content (AvgIpc) is 2.34. The van der Waals surface area contributed by atoms with Crippen LogP contribution in [0.4, 0.5) is 5.69 Å². The molecule has 0 heterocycles. The van der Waals surface area contributed by atoms with Crippen molar-refractivity contribution in [2.45, 2.75) is 0 Å². The highest BCUT2D eigenvalue weighted by Crippen LogP contribution is 2.12. The standard InChI is InChI=1S/C11H18N2O5S2/c1-19(14,15)8-9-20(16,17)13-6-7-18-11-4-2-10(12)3-5-11/h2-5,13H,6-9,12H2,1H3. The summed E-state index contributed by atoms with van der Waals surface area (Å²) < 4.78 is 52.3. The molecule has 0 saturated carbocycles. The zero-order chi connectivity index (χ0) is 15.2. The van der Waals surface area contributed by atoms with Gasteiger partial charge >= 0.3 is 0 Å². The van der Waals surface area contributed by atoms with Crippen molar-refractivity contribution in [1.82, 2.24) is 4.72 Å². The Morgan fingerprint density at radius 2 is 1.70 bits per heavy atom. The topological polar surface area (TPSA) is 116 Å². The molecular formula is C11H18N2O5S2. The maximum absolute atomic E-state index is 11.5. The van der Waals surface area contributed by atoms with Crippen LogP contribution in [-0.2, 0) is 19.9 Å². The van der Waals surface area contributed by atoms with Crippen LogP contribution in [-0.4, -0.2) is 47.7 Å². The van der Waals surface area contributed by atoms with Gasteiger partial charge in [0.25, 0.3) is 0 Å². The van der Waals surface area contributed by atoms with Crippen LogP contribution in [0.2, 0.25) is 0 Å². The third-order valence-electron chi connectivity index (χ3n) is 2.30. The highest BCUT2D eigenvalue weighted by atomic mass is 32.2. The van der Waals surface area contributed by atoms with E-state index in [0.29, 0.717) is 11.4 Å². The van der Waals surface area contributed by atoms with Crippen LogP contribution >= 0.6 is 0 Å². The van der Waals surface area contributed by atoms with E-state index in [4.69, 9.17) is 10.5 Å². The Hall–Kier alpha value is -1.32. The number of nitrogens with two attached hydrogens (primary N) is 1. The van der Waals surface area contributed by atoms with Crippen molar-refractivity contribution < 1.29 is 21.6 Å². The van der Waals surface area contributed by atoms with E-state index in [-0.39, 0.29) is 13.2 Å². The second-order valence-corrected chi connectivity index (χ2v) is 8.45. The lowest BCUT2D eigenvalue weighted by Gasteiger charge is -2.08. The molecule has 1 aromatic carbocycles. The van der Waals surface area contributed by atoms with E-state index in [9.17, 15) is 16.8 Å². The summed E-state index contributed by atoms with van der Waals surface area (Å²) in [5.41, 5.74) is 6.12. The molecule has 9 heteroatoms. The van der Waals surface area contributed by atoms with Gasteiger partial charge in [-0.25, -0.2) is 21.6 Å². The Balaban J connectivity index is 2.31. The molecular weight excluding hydrogens is 304 g/mol. The fraction of sp³-hybridized carbons (Fsp3) is 0.455. The molecule has 1 rings (SSSR count). The molecule has 0 amide bonds. The van der Waals surface area contributed by atoms with Gasteiger partial charge in [0.15, 0.2) is 0 Å². The SMILES string of the molecule is CS(=O)(=O)CCS(=O)(=O)NCCOc1ccc(N)cc1. The average molecular weight is 322 g/mol. The fourth-order valence-electron chi connectivity index (χ4n) is 1.26. The van der Waals surface area contributed by atoms with Crippen LogP contribution < -0.4 is 15.2 Å². The molecule has 114 valence electrons. The molecule has 0 unspecified atom stereocenters. The van der Waals surface area contributed by atoms with E-state index in [0.717, 1.165) is 6.26 Å². The second kappa shape index (κ2) is 6.91. The summed E-state index contributed by atoms with van der Waals surface area (Å²) in [5.74, 6) is -0.274. The summed E-state index contributed by atoms with van der Waals surface area (Å²) in [6.45, 7) is 0.207. The van der Waals surface area contributed by atoms with Crippen LogP contribution in [0.3, 0.4) is 0 Å². The van der Waals surface area contributed by atoms with Crippen LogP contribution in [0.1, 0.15) is 0 Å². The number of hydrogen-bond acceptors (Lipinski definition) is 6. The number of hydrogen-bond donors (Lipinski definition) is 2. The highest BCUT2D eigenvalue weighted by molar-refractivity contribution is 7.93. The van der Waals surface area contributed by atoms with Crippen LogP contribution in [0.5, 0.6) is 5.75 Å². The Kier molecular flexibility index (Phi) is 5.78. The van der Waals surface area contributed by atoms with E-state index >= 15 is 0 Å². The number of benzene rings is 1. The van der Waals surface area contributed by atoms with Gasteiger partial charge in [-0.05, 0) is 24.3 Å². The Morgan fingerprint density at radius 3 is 2.25 bits per heavy atom. The van der Waals surface area contributed by atoms with Gasteiger partial charge in [-0.15, -0.1) is 0 Å².